The SMILES string of the molecule is CC(C)(C)NCC1CCCCN1c1ccc(F)cn1. The monoisotopic (exact) mass is 265 g/mol. The van der Waals surface area contributed by atoms with E-state index in [1.165, 1.54) is 31.5 Å². The van der Waals surface area contributed by atoms with E-state index in [-0.39, 0.29) is 11.4 Å². The predicted molar refractivity (Wildman–Crippen MR) is 76.9 cm³/mol. The molecule has 0 amide bonds. The van der Waals surface area contributed by atoms with Crippen molar-refractivity contribution in [3.05, 3.63) is 24.1 Å². The van der Waals surface area contributed by atoms with Gasteiger partial charge in [-0.3, -0.25) is 0 Å². The molecular weight excluding hydrogens is 241 g/mol. The Morgan fingerprint density at radius 1 is 1.37 bits per heavy atom. The van der Waals surface area contributed by atoms with Crippen molar-refractivity contribution >= 4 is 5.82 Å². The zero-order valence-corrected chi connectivity index (χ0v) is 12.1. The first-order chi connectivity index (χ1) is 8.96. The van der Waals surface area contributed by atoms with Gasteiger partial charge in [0, 0.05) is 24.7 Å². The molecule has 0 aliphatic carbocycles. The highest BCUT2D eigenvalue weighted by molar-refractivity contribution is 5.40. The van der Waals surface area contributed by atoms with Gasteiger partial charge in [-0.15, -0.1) is 0 Å². The first-order valence-electron chi connectivity index (χ1n) is 7.09. The summed E-state index contributed by atoms with van der Waals surface area (Å²) in [6.45, 7) is 8.49. The molecule has 1 saturated heterocycles. The normalized spacial score (nSPS) is 20.6. The van der Waals surface area contributed by atoms with Crippen LogP contribution in [0.15, 0.2) is 18.3 Å². The van der Waals surface area contributed by atoms with E-state index in [0.29, 0.717) is 6.04 Å². The summed E-state index contributed by atoms with van der Waals surface area (Å²) in [5, 5.41) is 3.56. The van der Waals surface area contributed by atoms with E-state index in [9.17, 15) is 4.39 Å². The predicted octanol–water partition coefficient (Wildman–Crippen LogP) is 2.97. The van der Waals surface area contributed by atoms with Gasteiger partial charge in [-0.2, -0.15) is 0 Å². The Morgan fingerprint density at radius 2 is 2.16 bits per heavy atom. The van der Waals surface area contributed by atoms with Gasteiger partial charge >= 0.3 is 0 Å². The highest BCUT2D eigenvalue weighted by Gasteiger charge is 2.24. The lowest BCUT2D eigenvalue weighted by Gasteiger charge is -2.38. The molecule has 2 rings (SSSR count). The molecule has 1 aliphatic heterocycles. The maximum Gasteiger partial charge on any atom is 0.141 e. The van der Waals surface area contributed by atoms with E-state index < -0.39 is 0 Å². The fourth-order valence-electron chi connectivity index (χ4n) is 2.48. The smallest absolute Gasteiger partial charge is 0.141 e. The van der Waals surface area contributed by atoms with Gasteiger partial charge < -0.3 is 10.2 Å². The number of piperidine rings is 1. The molecule has 0 saturated carbocycles. The van der Waals surface area contributed by atoms with Gasteiger partial charge in [0.1, 0.15) is 11.6 Å². The zero-order chi connectivity index (χ0) is 13.9. The molecule has 0 radical (unpaired) electrons. The summed E-state index contributed by atoms with van der Waals surface area (Å²) in [6, 6.07) is 3.72. The molecule has 1 fully saturated rings. The lowest BCUT2D eigenvalue weighted by atomic mass is 10.0. The number of nitrogens with one attached hydrogen (secondary N) is 1. The summed E-state index contributed by atoms with van der Waals surface area (Å²) in [5.41, 5.74) is 0.124. The van der Waals surface area contributed by atoms with Crippen molar-refractivity contribution < 1.29 is 4.39 Å². The van der Waals surface area contributed by atoms with Crippen LogP contribution in [0.1, 0.15) is 40.0 Å². The average molecular weight is 265 g/mol. The summed E-state index contributed by atoms with van der Waals surface area (Å²) in [4.78, 5) is 6.53. The number of anilines is 1. The summed E-state index contributed by atoms with van der Waals surface area (Å²) < 4.78 is 13.0. The molecule has 106 valence electrons. The van der Waals surface area contributed by atoms with Crippen LogP contribution in [0.2, 0.25) is 0 Å². The summed E-state index contributed by atoms with van der Waals surface area (Å²) >= 11 is 0. The molecule has 1 unspecified atom stereocenters. The van der Waals surface area contributed by atoms with Crippen LogP contribution >= 0.6 is 0 Å². The minimum absolute atomic E-state index is 0.124. The summed E-state index contributed by atoms with van der Waals surface area (Å²) in [6.07, 6.45) is 4.92. The van der Waals surface area contributed by atoms with Crippen molar-refractivity contribution in [2.45, 2.75) is 51.6 Å². The second-order valence-electron chi connectivity index (χ2n) is 6.31. The van der Waals surface area contributed by atoms with E-state index in [4.69, 9.17) is 0 Å². The van der Waals surface area contributed by atoms with Gasteiger partial charge in [0.15, 0.2) is 0 Å². The molecule has 1 atom stereocenters. The van der Waals surface area contributed by atoms with Gasteiger partial charge in [-0.1, -0.05) is 0 Å². The largest absolute Gasteiger partial charge is 0.352 e. The van der Waals surface area contributed by atoms with Crippen LogP contribution < -0.4 is 10.2 Å². The van der Waals surface area contributed by atoms with Crippen LogP contribution in [0.4, 0.5) is 10.2 Å². The first-order valence-corrected chi connectivity index (χ1v) is 7.09. The molecule has 19 heavy (non-hydrogen) atoms. The Kier molecular flexibility index (Phi) is 4.40. The number of halogens is 1. The average Bonchev–Trinajstić information content (AvgIpc) is 2.37. The van der Waals surface area contributed by atoms with Crippen LogP contribution in [0.3, 0.4) is 0 Å². The third kappa shape index (κ3) is 4.16. The van der Waals surface area contributed by atoms with Crippen LogP contribution in [0.25, 0.3) is 0 Å². The first kappa shape index (κ1) is 14.3. The number of rotatable bonds is 3. The molecule has 3 nitrogen and oxygen atoms in total. The van der Waals surface area contributed by atoms with Crippen LogP contribution in [0, 0.1) is 5.82 Å². The topological polar surface area (TPSA) is 28.2 Å². The number of hydrogen-bond donors (Lipinski definition) is 1. The number of pyridine rings is 1. The van der Waals surface area contributed by atoms with Crippen molar-refractivity contribution in [3.8, 4) is 0 Å². The van der Waals surface area contributed by atoms with Crippen molar-refractivity contribution in [1.82, 2.24) is 10.3 Å². The van der Waals surface area contributed by atoms with E-state index in [0.717, 1.165) is 18.9 Å². The van der Waals surface area contributed by atoms with E-state index >= 15 is 0 Å². The van der Waals surface area contributed by atoms with E-state index in [1.807, 2.05) is 0 Å². The Balaban J connectivity index is 2.05. The van der Waals surface area contributed by atoms with E-state index in [2.05, 4.69) is 36.0 Å². The van der Waals surface area contributed by atoms with E-state index in [1.54, 1.807) is 6.07 Å². The number of nitrogens with zero attached hydrogens (tertiary/aromatic N) is 2. The lowest BCUT2D eigenvalue weighted by Crippen LogP contribution is -2.50. The maximum absolute atomic E-state index is 13.0. The molecule has 0 bridgehead atoms. The van der Waals surface area contributed by atoms with Crippen molar-refractivity contribution in [3.63, 3.8) is 0 Å². The Hall–Kier alpha value is -1.16. The lowest BCUT2D eigenvalue weighted by molar-refractivity contribution is 0.365. The number of aromatic nitrogens is 1. The Morgan fingerprint density at radius 3 is 2.79 bits per heavy atom. The van der Waals surface area contributed by atoms with Crippen molar-refractivity contribution in [1.29, 1.82) is 0 Å². The quantitative estimate of drug-likeness (QED) is 0.910. The highest BCUT2D eigenvalue weighted by atomic mass is 19.1. The van der Waals surface area contributed by atoms with Gasteiger partial charge in [0.25, 0.3) is 0 Å². The molecular formula is C15H24FN3. The number of hydrogen-bond acceptors (Lipinski definition) is 3. The third-order valence-corrected chi connectivity index (χ3v) is 3.50. The minimum Gasteiger partial charge on any atom is -0.352 e. The fraction of sp³-hybridized carbons (Fsp3) is 0.667. The molecule has 0 spiro atoms. The minimum atomic E-state index is -0.273. The Labute approximate surface area is 115 Å². The zero-order valence-electron chi connectivity index (χ0n) is 12.1. The van der Waals surface area contributed by atoms with Crippen LogP contribution in [-0.2, 0) is 0 Å². The standard InChI is InChI=1S/C15H24FN3/c1-15(2,3)18-11-13-6-4-5-9-19(13)14-8-7-12(16)10-17-14/h7-8,10,13,18H,4-6,9,11H2,1-3H3. The van der Waals surface area contributed by atoms with Gasteiger partial charge in [0.2, 0.25) is 0 Å². The second kappa shape index (κ2) is 5.87. The van der Waals surface area contributed by atoms with Gasteiger partial charge in [-0.05, 0) is 52.2 Å². The molecule has 1 aromatic heterocycles. The Bertz CT molecular complexity index is 397. The molecule has 0 aromatic carbocycles. The second-order valence-corrected chi connectivity index (χ2v) is 6.31. The molecule has 1 aliphatic rings. The summed E-state index contributed by atoms with van der Waals surface area (Å²) in [7, 11) is 0. The van der Waals surface area contributed by atoms with Crippen molar-refractivity contribution in [2.24, 2.45) is 0 Å². The molecule has 2 heterocycles. The highest BCUT2D eigenvalue weighted by Crippen LogP contribution is 2.23. The fourth-order valence-corrected chi connectivity index (χ4v) is 2.48. The molecule has 1 aromatic rings. The van der Waals surface area contributed by atoms with Crippen LogP contribution in [0.5, 0.6) is 0 Å². The third-order valence-electron chi connectivity index (χ3n) is 3.50. The molecule has 1 N–H and O–H groups in total. The van der Waals surface area contributed by atoms with Crippen LogP contribution in [-0.4, -0.2) is 29.7 Å². The van der Waals surface area contributed by atoms with Gasteiger partial charge in [0.05, 0.1) is 6.20 Å². The molecule has 4 heteroatoms. The maximum atomic E-state index is 13.0. The van der Waals surface area contributed by atoms with Crippen molar-refractivity contribution in [2.75, 3.05) is 18.0 Å². The van der Waals surface area contributed by atoms with Gasteiger partial charge in [-0.25, -0.2) is 9.37 Å². The summed E-state index contributed by atoms with van der Waals surface area (Å²) in [5.74, 6) is 0.618.